The molecule has 41 heavy (non-hydrogen) atoms. The number of methoxy groups -OCH3 is 1. The zero-order valence-electron chi connectivity index (χ0n) is 23.0. The van der Waals surface area contributed by atoms with Crippen molar-refractivity contribution in [3.8, 4) is 0 Å². The van der Waals surface area contributed by atoms with E-state index in [2.05, 4.69) is 10.6 Å². The molecule has 0 heterocycles. The highest BCUT2D eigenvalue weighted by atomic mass is 16.6. The maximum atomic E-state index is 12.2. The number of hydrogen-bond donors (Lipinski definition) is 2. The molecule has 0 bridgehead atoms. The standard InChI is InChI=1S/C29H36N2O10/c1-37-29(36)24(31-26(33)19-39-21-28(35)41-17-23-12-6-3-7-13-23)14-8-9-15-30-25(32)18-38-20-27(34)40-16-22-10-4-2-5-11-22/h2-7,10-13,24H,8-9,14-21H2,1H3,(H,30,32)(H,31,33)/t24-/m0/s1. The van der Waals surface area contributed by atoms with Gasteiger partial charge in [-0.05, 0) is 30.4 Å². The number of nitrogens with one attached hydrogen (secondary N) is 2. The molecule has 12 nitrogen and oxygen atoms in total. The van der Waals surface area contributed by atoms with Crippen molar-refractivity contribution in [2.24, 2.45) is 0 Å². The number of amides is 2. The van der Waals surface area contributed by atoms with E-state index in [1.807, 2.05) is 60.7 Å². The lowest BCUT2D eigenvalue weighted by Crippen LogP contribution is -2.43. The number of hydrogen-bond acceptors (Lipinski definition) is 10. The molecule has 2 aromatic rings. The molecule has 0 saturated carbocycles. The Hall–Kier alpha value is -4.29. The molecule has 0 aromatic heterocycles. The first kappa shape index (κ1) is 32.9. The molecule has 12 heteroatoms. The van der Waals surface area contributed by atoms with Crippen LogP contribution in [0.15, 0.2) is 60.7 Å². The number of carbonyl (C=O) groups is 5. The van der Waals surface area contributed by atoms with E-state index in [1.54, 1.807) is 0 Å². The SMILES string of the molecule is COC(=O)[C@H](CCCCNC(=O)COCC(=O)OCc1ccccc1)NC(=O)COCC(=O)OCc1ccccc1. The van der Waals surface area contributed by atoms with Crippen molar-refractivity contribution < 1.29 is 47.7 Å². The fraction of sp³-hybridized carbons (Fsp3) is 0.414. The van der Waals surface area contributed by atoms with Crippen LogP contribution in [0.3, 0.4) is 0 Å². The molecule has 2 aromatic carbocycles. The molecule has 0 radical (unpaired) electrons. The van der Waals surface area contributed by atoms with Crippen LogP contribution in [0.2, 0.25) is 0 Å². The Bertz CT molecular complexity index is 1100. The zero-order chi connectivity index (χ0) is 29.7. The van der Waals surface area contributed by atoms with Gasteiger partial charge in [0.2, 0.25) is 11.8 Å². The smallest absolute Gasteiger partial charge is 0.332 e. The second-order valence-corrected chi connectivity index (χ2v) is 8.77. The van der Waals surface area contributed by atoms with Gasteiger partial charge >= 0.3 is 17.9 Å². The van der Waals surface area contributed by atoms with E-state index in [4.69, 9.17) is 23.7 Å². The molecule has 0 spiro atoms. The monoisotopic (exact) mass is 572 g/mol. The number of unbranched alkanes of at least 4 members (excludes halogenated alkanes) is 1. The number of ether oxygens (including phenoxy) is 5. The molecule has 0 aliphatic rings. The third kappa shape index (κ3) is 15.2. The lowest BCUT2D eigenvalue weighted by molar-refractivity contribution is -0.152. The highest BCUT2D eigenvalue weighted by Crippen LogP contribution is 2.04. The van der Waals surface area contributed by atoms with Crippen molar-refractivity contribution in [1.82, 2.24) is 10.6 Å². The van der Waals surface area contributed by atoms with Crippen LogP contribution < -0.4 is 10.6 Å². The summed E-state index contributed by atoms with van der Waals surface area (Å²) in [7, 11) is 1.21. The van der Waals surface area contributed by atoms with Gasteiger partial charge in [0, 0.05) is 6.54 Å². The Morgan fingerprint density at radius 3 is 1.71 bits per heavy atom. The van der Waals surface area contributed by atoms with E-state index in [-0.39, 0.29) is 32.8 Å². The summed E-state index contributed by atoms with van der Waals surface area (Å²) in [6, 6.07) is 17.4. The molecule has 222 valence electrons. The fourth-order valence-electron chi connectivity index (χ4n) is 3.39. The molecular formula is C29H36N2O10. The van der Waals surface area contributed by atoms with Gasteiger partial charge < -0.3 is 34.3 Å². The quantitative estimate of drug-likeness (QED) is 0.144. The van der Waals surface area contributed by atoms with Gasteiger partial charge in [-0.15, -0.1) is 0 Å². The number of rotatable bonds is 19. The maximum absolute atomic E-state index is 12.2. The van der Waals surface area contributed by atoms with E-state index in [0.717, 1.165) is 11.1 Å². The van der Waals surface area contributed by atoms with Crippen molar-refractivity contribution >= 4 is 29.7 Å². The van der Waals surface area contributed by atoms with Crippen LogP contribution in [-0.2, 0) is 60.9 Å². The first-order valence-electron chi connectivity index (χ1n) is 13.1. The second-order valence-electron chi connectivity index (χ2n) is 8.77. The van der Waals surface area contributed by atoms with Crippen LogP contribution in [0.1, 0.15) is 30.4 Å². The Morgan fingerprint density at radius 2 is 1.20 bits per heavy atom. The minimum atomic E-state index is -0.915. The summed E-state index contributed by atoms with van der Waals surface area (Å²) in [5, 5.41) is 5.16. The van der Waals surface area contributed by atoms with E-state index < -0.39 is 49.0 Å². The van der Waals surface area contributed by atoms with Crippen LogP contribution in [-0.4, -0.2) is 75.8 Å². The average molecular weight is 573 g/mol. The summed E-state index contributed by atoms with van der Waals surface area (Å²) in [6.45, 7) is -0.988. The molecule has 1 atom stereocenters. The van der Waals surface area contributed by atoms with Crippen LogP contribution in [0.5, 0.6) is 0 Å². The highest BCUT2D eigenvalue weighted by Gasteiger charge is 2.21. The van der Waals surface area contributed by atoms with Gasteiger partial charge in [0.05, 0.1) is 7.11 Å². The molecule has 2 N–H and O–H groups in total. The predicted octanol–water partition coefficient (Wildman–Crippen LogP) is 1.45. The summed E-state index contributed by atoms with van der Waals surface area (Å²) in [5.74, 6) is -2.83. The summed E-state index contributed by atoms with van der Waals surface area (Å²) < 4.78 is 25.0. The van der Waals surface area contributed by atoms with Gasteiger partial charge in [-0.25, -0.2) is 14.4 Å². The molecule has 0 saturated heterocycles. The third-order valence-corrected chi connectivity index (χ3v) is 5.45. The first-order chi connectivity index (χ1) is 19.9. The van der Waals surface area contributed by atoms with Gasteiger partial charge in [0.1, 0.15) is 45.7 Å². The number of carbonyl (C=O) groups excluding carboxylic acids is 5. The average Bonchev–Trinajstić information content (AvgIpc) is 2.99. The summed E-state index contributed by atoms with van der Waals surface area (Å²) >= 11 is 0. The summed E-state index contributed by atoms with van der Waals surface area (Å²) in [6.07, 6.45) is 1.26. The molecule has 0 aliphatic carbocycles. The highest BCUT2D eigenvalue weighted by molar-refractivity contribution is 5.85. The molecular weight excluding hydrogens is 536 g/mol. The van der Waals surface area contributed by atoms with Gasteiger partial charge in [-0.3, -0.25) is 9.59 Å². The number of benzene rings is 2. The van der Waals surface area contributed by atoms with E-state index in [9.17, 15) is 24.0 Å². The summed E-state index contributed by atoms with van der Waals surface area (Å²) in [4.78, 5) is 59.6. The Morgan fingerprint density at radius 1 is 0.683 bits per heavy atom. The minimum absolute atomic E-state index is 0.0942. The number of esters is 3. The topological polar surface area (TPSA) is 156 Å². The first-order valence-corrected chi connectivity index (χ1v) is 13.1. The van der Waals surface area contributed by atoms with Gasteiger partial charge in [0.25, 0.3) is 0 Å². The van der Waals surface area contributed by atoms with Crippen molar-refractivity contribution in [3.63, 3.8) is 0 Å². The normalized spacial score (nSPS) is 11.1. The third-order valence-electron chi connectivity index (χ3n) is 5.45. The maximum Gasteiger partial charge on any atom is 0.332 e. The lowest BCUT2D eigenvalue weighted by atomic mass is 10.1. The van der Waals surface area contributed by atoms with Gasteiger partial charge in [-0.2, -0.15) is 0 Å². The van der Waals surface area contributed by atoms with Gasteiger partial charge in [-0.1, -0.05) is 60.7 Å². The fourth-order valence-corrected chi connectivity index (χ4v) is 3.39. The van der Waals surface area contributed by atoms with Crippen molar-refractivity contribution in [1.29, 1.82) is 0 Å². The zero-order valence-corrected chi connectivity index (χ0v) is 23.0. The summed E-state index contributed by atoms with van der Waals surface area (Å²) in [5.41, 5.74) is 1.67. The second kappa shape index (κ2) is 19.7. The van der Waals surface area contributed by atoms with E-state index >= 15 is 0 Å². The van der Waals surface area contributed by atoms with Crippen LogP contribution in [0.25, 0.3) is 0 Å². The molecule has 2 rings (SSSR count). The van der Waals surface area contributed by atoms with E-state index in [1.165, 1.54) is 7.11 Å². The lowest BCUT2D eigenvalue weighted by Gasteiger charge is -2.16. The molecule has 0 fully saturated rings. The van der Waals surface area contributed by atoms with Crippen molar-refractivity contribution in [2.75, 3.05) is 40.1 Å². The van der Waals surface area contributed by atoms with Crippen LogP contribution >= 0.6 is 0 Å². The van der Waals surface area contributed by atoms with Gasteiger partial charge in [0.15, 0.2) is 0 Å². The molecule has 2 amide bonds. The van der Waals surface area contributed by atoms with Crippen LogP contribution in [0.4, 0.5) is 0 Å². The molecule has 0 unspecified atom stereocenters. The van der Waals surface area contributed by atoms with Crippen LogP contribution in [0, 0.1) is 0 Å². The van der Waals surface area contributed by atoms with E-state index in [0.29, 0.717) is 19.4 Å². The Labute approximate surface area is 238 Å². The minimum Gasteiger partial charge on any atom is -0.467 e. The Kier molecular flexibility index (Phi) is 15.8. The van der Waals surface area contributed by atoms with Crippen molar-refractivity contribution in [2.45, 2.75) is 38.5 Å². The predicted molar refractivity (Wildman–Crippen MR) is 145 cm³/mol. The largest absolute Gasteiger partial charge is 0.467 e. The Balaban J connectivity index is 1.54. The van der Waals surface area contributed by atoms with Crippen molar-refractivity contribution in [3.05, 3.63) is 71.8 Å². The molecule has 0 aliphatic heterocycles.